The standard InChI is InChI=1S/C15H22BrClN2/c1-10(2)19-8-4-3-5-14(18)15(19)12-7-6-11(16)9-13(12)17/h6-7,9-10,14-15H,3-5,8,18H2,1-2H3. The van der Waals surface area contributed by atoms with E-state index >= 15 is 0 Å². The van der Waals surface area contributed by atoms with Crippen molar-refractivity contribution in [1.82, 2.24) is 4.90 Å². The summed E-state index contributed by atoms with van der Waals surface area (Å²) in [5, 5.41) is 0.808. The number of hydrogen-bond donors (Lipinski definition) is 1. The van der Waals surface area contributed by atoms with Crippen molar-refractivity contribution in [2.45, 2.75) is 51.2 Å². The van der Waals surface area contributed by atoms with Crippen LogP contribution in [-0.4, -0.2) is 23.5 Å². The van der Waals surface area contributed by atoms with Gasteiger partial charge in [-0.2, -0.15) is 0 Å². The number of halogens is 2. The molecule has 0 saturated carbocycles. The molecule has 2 rings (SSSR count). The number of nitrogens with zero attached hydrogens (tertiary/aromatic N) is 1. The summed E-state index contributed by atoms with van der Waals surface area (Å²) in [6.45, 7) is 5.57. The first-order chi connectivity index (χ1) is 9.00. The molecule has 2 unspecified atom stereocenters. The molecule has 1 heterocycles. The summed E-state index contributed by atoms with van der Waals surface area (Å²) >= 11 is 9.90. The lowest BCUT2D eigenvalue weighted by molar-refractivity contribution is 0.144. The van der Waals surface area contributed by atoms with Crippen molar-refractivity contribution in [2.75, 3.05) is 6.54 Å². The second-order valence-electron chi connectivity index (χ2n) is 5.60. The second-order valence-corrected chi connectivity index (χ2v) is 6.92. The molecule has 1 aliphatic rings. The van der Waals surface area contributed by atoms with Crippen LogP contribution in [0.25, 0.3) is 0 Å². The smallest absolute Gasteiger partial charge is 0.0516 e. The third-order valence-corrected chi connectivity index (χ3v) is 4.73. The van der Waals surface area contributed by atoms with Crippen molar-refractivity contribution in [3.05, 3.63) is 33.3 Å². The van der Waals surface area contributed by atoms with Gasteiger partial charge >= 0.3 is 0 Å². The van der Waals surface area contributed by atoms with Gasteiger partial charge in [0.15, 0.2) is 0 Å². The highest BCUT2D eigenvalue weighted by atomic mass is 79.9. The molecule has 0 radical (unpaired) electrons. The number of rotatable bonds is 2. The molecular formula is C15H22BrClN2. The zero-order valence-corrected chi connectivity index (χ0v) is 13.9. The average Bonchev–Trinajstić information content (AvgIpc) is 2.52. The minimum absolute atomic E-state index is 0.156. The molecule has 0 spiro atoms. The first kappa shape index (κ1) is 15.3. The molecule has 1 saturated heterocycles. The lowest BCUT2D eigenvalue weighted by Gasteiger charge is -2.37. The summed E-state index contributed by atoms with van der Waals surface area (Å²) in [4.78, 5) is 2.49. The van der Waals surface area contributed by atoms with E-state index < -0.39 is 0 Å². The van der Waals surface area contributed by atoms with Crippen molar-refractivity contribution in [3.8, 4) is 0 Å². The summed E-state index contributed by atoms with van der Waals surface area (Å²) in [6.07, 6.45) is 3.49. The second kappa shape index (κ2) is 6.57. The van der Waals surface area contributed by atoms with Crippen LogP contribution in [0, 0.1) is 0 Å². The Bertz CT molecular complexity index is 436. The number of likely N-dealkylation sites (tertiary alicyclic amines) is 1. The van der Waals surface area contributed by atoms with Gasteiger partial charge in [0.1, 0.15) is 0 Å². The van der Waals surface area contributed by atoms with Gasteiger partial charge in [0.2, 0.25) is 0 Å². The van der Waals surface area contributed by atoms with Crippen LogP contribution in [0.2, 0.25) is 5.02 Å². The van der Waals surface area contributed by atoms with Crippen LogP contribution in [0.3, 0.4) is 0 Å². The highest BCUT2D eigenvalue weighted by Gasteiger charge is 2.31. The SMILES string of the molecule is CC(C)N1CCCCC(N)C1c1ccc(Br)cc1Cl. The maximum Gasteiger partial charge on any atom is 0.0516 e. The van der Waals surface area contributed by atoms with Crippen LogP contribution >= 0.6 is 27.5 Å². The largest absolute Gasteiger partial charge is 0.326 e. The van der Waals surface area contributed by atoms with E-state index in [1.165, 1.54) is 12.8 Å². The van der Waals surface area contributed by atoms with Crippen LogP contribution in [0.1, 0.15) is 44.7 Å². The van der Waals surface area contributed by atoms with Crippen LogP contribution < -0.4 is 5.73 Å². The fraction of sp³-hybridized carbons (Fsp3) is 0.600. The first-order valence-corrected chi connectivity index (χ1v) is 8.14. The Labute approximate surface area is 129 Å². The van der Waals surface area contributed by atoms with E-state index in [4.69, 9.17) is 17.3 Å². The number of hydrogen-bond acceptors (Lipinski definition) is 2. The van der Waals surface area contributed by atoms with Crippen LogP contribution in [0.4, 0.5) is 0 Å². The van der Waals surface area contributed by atoms with Crippen molar-refractivity contribution in [2.24, 2.45) is 5.73 Å². The van der Waals surface area contributed by atoms with Gasteiger partial charge in [0.25, 0.3) is 0 Å². The number of benzene rings is 1. The van der Waals surface area contributed by atoms with Crippen molar-refractivity contribution < 1.29 is 0 Å². The van der Waals surface area contributed by atoms with Gasteiger partial charge in [-0.1, -0.05) is 40.0 Å². The fourth-order valence-corrected chi connectivity index (χ4v) is 3.73. The maximum atomic E-state index is 6.44. The van der Waals surface area contributed by atoms with Crippen LogP contribution in [0.15, 0.2) is 22.7 Å². The molecule has 2 N–H and O–H groups in total. The lowest BCUT2D eigenvalue weighted by atomic mass is 9.95. The molecule has 0 aromatic heterocycles. The molecule has 1 aromatic rings. The van der Waals surface area contributed by atoms with Crippen molar-refractivity contribution in [3.63, 3.8) is 0 Å². The van der Waals surface area contributed by atoms with E-state index in [1.54, 1.807) is 0 Å². The molecule has 19 heavy (non-hydrogen) atoms. The predicted octanol–water partition coefficient (Wildman–Crippen LogP) is 4.37. The Morgan fingerprint density at radius 3 is 2.74 bits per heavy atom. The van der Waals surface area contributed by atoms with E-state index in [0.29, 0.717) is 6.04 Å². The molecule has 0 bridgehead atoms. The van der Waals surface area contributed by atoms with Gasteiger partial charge in [0, 0.05) is 21.6 Å². The molecule has 2 nitrogen and oxygen atoms in total. The minimum Gasteiger partial charge on any atom is -0.326 e. The predicted molar refractivity (Wildman–Crippen MR) is 85.6 cm³/mol. The maximum absolute atomic E-state index is 6.44. The molecule has 1 aliphatic heterocycles. The molecule has 0 amide bonds. The quantitative estimate of drug-likeness (QED) is 0.862. The van der Waals surface area contributed by atoms with E-state index in [9.17, 15) is 0 Å². The Hall–Kier alpha value is -0.0900. The van der Waals surface area contributed by atoms with Crippen LogP contribution in [0.5, 0.6) is 0 Å². The van der Waals surface area contributed by atoms with Crippen LogP contribution in [-0.2, 0) is 0 Å². The molecule has 106 valence electrons. The third kappa shape index (κ3) is 3.52. The van der Waals surface area contributed by atoms with E-state index in [2.05, 4.69) is 46.8 Å². The van der Waals surface area contributed by atoms with Gasteiger partial charge in [-0.25, -0.2) is 0 Å². The summed E-state index contributed by atoms with van der Waals surface area (Å²) in [5.74, 6) is 0. The Morgan fingerprint density at radius 2 is 2.11 bits per heavy atom. The Balaban J connectivity index is 2.40. The molecule has 1 aromatic carbocycles. The van der Waals surface area contributed by atoms with Gasteiger partial charge in [-0.05, 0) is 50.9 Å². The summed E-state index contributed by atoms with van der Waals surface area (Å²) in [5.41, 5.74) is 7.59. The number of nitrogens with two attached hydrogens (primary N) is 1. The molecular weight excluding hydrogens is 324 g/mol. The van der Waals surface area contributed by atoms with E-state index in [0.717, 1.165) is 28.0 Å². The highest BCUT2D eigenvalue weighted by Crippen LogP contribution is 2.35. The first-order valence-electron chi connectivity index (χ1n) is 6.97. The van der Waals surface area contributed by atoms with Gasteiger partial charge in [0.05, 0.1) is 6.04 Å². The zero-order chi connectivity index (χ0) is 14.0. The minimum atomic E-state index is 0.156. The van der Waals surface area contributed by atoms with Gasteiger partial charge in [-0.3, -0.25) is 4.90 Å². The van der Waals surface area contributed by atoms with E-state index in [1.807, 2.05) is 6.07 Å². The van der Waals surface area contributed by atoms with Crippen molar-refractivity contribution >= 4 is 27.5 Å². The molecule has 0 aliphatic carbocycles. The van der Waals surface area contributed by atoms with Gasteiger partial charge in [-0.15, -0.1) is 0 Å². The summed E-state index contributed by atoms with van der Waals surface area (Å²) < 4.78 is 1.01. The Kier molecular flexibility index (Phi) is 5.29. The summed E-state index contributed by atoms with van der Waals surface area (Å²) in [7, 11) is 0. The fourth-order valence-electron chi connectivity index (χ4n) is 2.95. The highest BCUT2D eigenvalue weighted by molar-refractivity contribution is 9.10. The summed E-state index contributed by atoms with van der Waals surface area (Å²) in [6, 6.07) is 6.99. The topological polar surface area (TPSA) is 29.3 Å². The monoisotopic (exact) mass is 344 g/mol. The lowest BCUT2D eigenvalue weighted by Crippen LogP contribution is -2.43. The molecule has 4 heteroatoms. The zero-order valence-electron chi connectivity index (χ0n) is 11.6. The Morgan fingerprint density at radius 1 is 1.37 bits per heavy atom. The third-order valence-electron chi connectivity index (χ3n) is 3.91. The van der Waals surface area contributed by atoms with E-state index in [-0.39, 0.29) is 12.1 Å². The average molecular weight is 346 g/mol. The van der Waals surface area contributed by atoms with Crippen molar-refractivity contribution in [1.29, 1.82) is 0 Å². The molecule has 1 fully saturated rings. The normalized spacial score (nSPS) is 25.6. The van der Waals surface area contributed by atoms with Gasteiger partial charge < -0.3 is 5.73 Å². The molecule has 2 atom stereocenters.